The van der Waals surface area contributed by atoms with Crippen LogP contribution in [0.5, 0.6) is 0 Å². The van der Waals surface area contributed by atoms with Gasteiger partial charge < -0.3 is 10.2 Å². The molecule has 1 aromatic carbocycles. The Morgan fingerprint density at radius 1 is 1.05 bits per heavy atom. The van der Waals surface area contributed by atoms with Crippen molar-refractivity contribution in [3.8, 4) is 0 Å². The van der Waals surface area contributed by atoms with E-state index in [9.17, 15) is 19.2 Å². The molecule has 0 aliphatic carbocycles. The molecule has 0 radical (unpaired) electrons. The van der Waals surface area contributed by atoms with Gasteiger partial charge in [-0.1, -0.05) is 0 Å². The molecule has 0 aromatic heterocycles. The first-order chi connectivity index (χ1) is 10.1. The lowest BCUT2D eigenvalue weighted by atomic mass is 10.0. The van der Waals surface area contributed by atoms with Gasteiger partial charge in [0.2, 0.25) is 5.91 Å². The number of rotatable bonds is 3. The second kappa shape index (κ2) is 6.84. The van der Waals surface area contributed by atoms with Crippen molar-refractivity contribution in [2.24, 2.45) is 0 Å². The van der Waals surface area contributed by atoms with Crippen molar-refractivity contribution in [3.05, 3.63) is 23.3 Å². The van der Waals surface area contributed by atoms with E-state index in [4.69, 9.17) is 4.84 Å². The van der Waals surface area contributed by atoms with Gasteiger partial charge >= 0.3 is 5.97 Å². The number of hydroxylamine groups is 1. The average molecular weight is 306 g/mol. The molecule has 0 heterocycles. The number of anilines is 2. The summed E-state index contributed by atoms with van der Waals surface area (Å²) in [5.41, 5.74) is 1.38. The Hall–Kier alpha value is -2.70. The van der Waals surface area contributed by atoms with Crippen LogP contribution in [0.1, 0.15) is 43.6 Å². The summed E-state index contributed by atoms with van der Waals surface area (Å²) in [6.45, 7) is 6.73. The second-order valence-corrected chi connectivity index (χ2v) is 4.82. The number of hydrogen-bond acceptors (Lipinski definition) is 5. The topological polar surface area (TPSA) is 92.8 Å². The highest BCUT2D eigenvalue weighted by molar-refractivity contribution is 6.05. The smallest absolute Gasteiger partial charge is 0.330 e. The van der Waals surface area contributed by atoms with Crippen molar-refractivity contribution >= 4 is 34.9 Å². The van der Waals surface area contributed by atoms with Gasteiger partial charge in [-0.05, 0) is 31.5 Å². The maximum Gasteiger partial charge on any atom is 0.330 e. The minimum absolute atomic E-state index is 0.101. The van der Waals surface area contributed by atoms with Gasteiger partial charge in [0, 0.05) is 32.0 Å². The summed E-state index contributed by atoms with van der Waals surface area (Å²) < 4.78 is 0. The number of Topliss-reactive ketones (excluding diaryl/α,β-unsaturated/α-hetero) is 1. The van der Waals surface area contributed by atoms with E-state index in [1.165, 1.54) is 32.9 Å². The molecule has 0 saturated heterocycles. The molecule has 118 valence electrons. The van der Waals surface area contributed by atoms with Crippen LogP contribution in [0.15, 0.2) is 12.1 Å². The van der Waals surface area contributed by atoms with Crippen LogP contribution in [0.2, 0.25) is 0 Å². The maximum atomic E-state index is 11.8. The van der Waals surface area contributed by atoms with Gasteiger partial charge in [0.15, 0.2) is 5.78 Å². The van der Waals surface area contributed by atoms with Gasteiger partial charge in [-0.15, -0.1) is 5.06 Å². The zero-order valence-corrected chi connectivity index (χ0v) is 13.1. The minimum atomic E-state index is -0.702. The first-order valence-electron chi connectivity index (χ1n) is 6.56. The molecule has 7 nitrogen and oxygen atoms in total. The van der Waals surface area contributed by atoms with E-state index in [1.54, 1.807) is 6.92 Å². The highest BCUT2D eigenvalue weighted by Crippen LogP contribution is 2.29. The standard InChI is InChI=1S/C15H18N2O5/c1-8-6-13(9(2)18)15(7-14(8)16-10(3)19)17(11(4)20)22-12(5)21/h6-7H,1-5H3,(H,16,19). The van der Waals surface area contributed by atoms with Crippen molar-refractivity contribution in [1.82, 2.24) is 0 Å². The summed E-state index contributed by atoms with van der Waals surface area (Å²) in [6.07, 6.45) is 0. The Morgan fingerprint density at radius 2 is 1.64 bits per heavy atom. The molecule has 0 fully saturated rings. The van der Waals surface area contributed by atoms with Crippen LogP contribution < -0.4 is 10.4 Å². The third-order valence-electron chi connectivity index (χ3n) is 2.76. The number of hydrogen-bond donors (Lipinski definition) is 1. The number of nitrogens with zero attached hydrogens (tertiary/aromatic N) is 1. The average Bonchev–Trinajstić information content (AvgIpc) is 2.36. The monoisotopic (exact) mass is 306 g/mol. The van der Waals surface area contributed by atoms with Crippen LogP contribution >= 0.6 is 0 Å². The molecule has 22 heavy (non-hydrogen) atoms. The summed E-state index contributed by atoms with van der Waals surface area (Å²) in [5, 5.41) is 3.34. The molecule has 0 unspecified atom stereocenters. The molecule has 1 N–H and O–H groups in total. The number of ketones is 1. The van der Waals surface area contributed by atoms with Crippen LogP contribution in [0.25, 0.3) is 0 Å². The summed E-state index contributed by atoms with van der Waals surface area (Å²) in [4.78, 5) is 50.8. The summed E-state index contributed by atoms with van der Waals surface area (Å²) in [5.74, 6) is -1.88. The Bertz CT molecular complexity index is 652. The molecule has 1 rings (SSSR count). The molecule has 0 bridgehead atoms. The number of aryl methyl sites for hydroxylation is 1. The van der Waals surface area contributed by atoms with E-state index in [1.807, 2.05) is 0 Å². The summed E-state index contributed by atoms with van der Waals surface area (Å²) in [7, 11) is 0. The van der Waals surface area contributed by atoms with Gasteiger partial charge in [0.05, 0.1) is 5.69 Å². The Morgan fingerprint density at radius 3 is 2.05 bits per heavy atom. The molecule has 2 amide bonds. The third-order valence-corrected chi connectivity index (χ3v) is 2.76. The first kappa shape index (κ1) is 17.4. The van der Waals surface area contributed by atoms with Crippen molar-refractivity contribution in [2.45, 2.75) is 34.6 Å². The molecule has 7 heteroatoms. The van der Waals surface area contributed by atoms with Crippen molar-refractivity contribution in [2.75, 3.05) is 10.4 Å². The predicted octanol–water partition coefficient (Wildman–Crippen LogP) is 1.99. The lowest BCUT2D eigenvalue weighted by molar-refractivity contribution is -0.147. The number of carbonyl (C=O) groups is 4. The van der Waals surface area contributed by atoms with Crippen molar-refractivity contribution in [3.63, 3.8) is 0 Å². The highest BCUT2D eigenvalue weighted by atomic mass is 16.7. The fraction of sp³-hybridized carbons (Fsp3) is 0.333. The Labute approximate surface area is 128 Å². The Kier molecular flexibility index (Phi) is 5.39. The molecule has 0 aliphatic rings. The van der Waals surface area contributed by atoms with Crippen LogP contribution in [-0.2, 0) is 19.2 Å². The van der Waals surface area contributed by atoms with Crippen LogP contribution in [0, 0.1) is 6.92 Å². The van der Waals surface area contributed by atoms with E-state index in [0.29, 0.717) is 11.3 Å². The zero-order chi connectivity index (χ0) is 17.0. The van der Waals surface area contributed by atoms with Gasteiger partial charge in [0.1, 0.15) is 0 Å². The SMILES string of the molecule is CC(=O)Nc1cc(N(OC(C)=O)C(C)=O)c(C(C)=O)cc1C. The number of amides is 2. The quantitative estimate of drug-likeness (QED) is 0.681. The molecule has 1 aromatic rings. The molecule has 0 saturated carbocycles. The van der Waals surface area contributed by atoms with Gasteiger partial charge in [0.25, 0.3) is 5.91 Å². The van der Waals surface area contributed by atoms with E-state index < -0.39 is 11.9 Å². The molecule has 0 atom stereocenters. The number of benzene rings is 1. The fourth-order valence-corrected chi connectivity index (χ4v) is 1.88. The zero-order valence-electron chi connectivity index (χ0n) is 13.1. The minimum Gasteiger partial charge on any atom is -0.333 e. The van der Waals surface area contributed by atoms with Crippen LogP contribution in [0.3, 0.4) is 0 Å². The predicted molar refractivity (Wildman–Crippen MR) is 80.4 cm³/mol. The number of nitrogens with one attached hydrogen (secondary N) is 1. The van der Waals surface area contributed by atoms with E-state index >= 15 is 0 Å². The summed E-state index contributed by atoms with van der Waals surface area (Å²) >= 11 is 0. The highest BCUT2D eigenvalue weighted by Gasteiger charge is 2.22. The van der Waals surface area contributed by atoms with Crippen LogP contribution in [0.4, 0.5) is 11.4 Å². The van der Waals surface area contributed by atoms with Crippen molar-refractivity contribution in [1.29, 1.82) is 0 Å². The first-order valence-corrected chi connectivity index (χ1v) is 6.56. The van der Waals surface area contributed by atoms with E-state index in [-0.39, 0.29) is 22.9 Å². The second-order valence-electron chi connectivity index (χ2n) is 4.82. The van der Waals surface area contributed by atoms with E-state index in [0.717, 1.165) is 12.0 Å². The molecule has 0 aliphatic heterocycles. The molecule has 0 spiro atoms. The van der Waals surface area contributed by atoms with Gasteiger partial charge in [-0.3, -0.25) is 14.4 Å². The molecular formula is C15H18N2O5. The third kappa shape index (κ3) is 4.15. The van der Waals surface area contributed by atoms with Crippen molar-refractivity contribution < 1.29 is 24.0 Å². The molecular weight excluding hydrogens is 288 g/mol. The van der Waals surface area contributed by atoms with Gasteiger partial charge in [-0.25, -0.2) is 4.79 Å². The summed E-state index contributed by atoms with van der Waals surface area (Å²) in [6, 6.07) is 2.96. The Balaban J connectivity index is 3.51. The van der Waals surface area contributed by atoms with E-state index in [2.05, 4.69) is 5.32 Å². The maximum absolute atomic E-state index is 11.8. The van der Waals surface area contributed by atoms with Gasteiger partial charge in [-0.2, -0.15) is 0 Å². The fourth-order valence-electron chi connectivity index (χ4n) is 1.88. The normalized spacial score (nSPS) is 9.86. The lowest BCUT2D eigenvalue weighted by Crippen LogP contribution is -2.32. The van der Waals surface area contributed by atoms with Crippen LogP contribution in [-0.4, -0.2) is 23.6 Å². The number of carbonyl (C=O) groups excluding carboxylic acids is 4. The lowest BCUT2D eigenvalue weighted by Gasteiger charge is -2.22. The largest absolute Gasteiger partial charge is 0.333 e.